The number of hydrogen-bond donors (Lipinski definition) is 0. The number of hydrogen-bond acceptors (Lipinski definition) is 4. The highest BCUT2D eigenvalue weighted by Gasteiger charge is 2.37. The Balaban J connectivity index is 0.884. The summed E-state index contributed by atoms with van der Waals surface area (Å²) in [5.74, 6) is 1.85. The van der Waals surface area contributed by atoms with Crippen LogP contribution in [0.5, 0.6) is 0 Å². The highest BCUT2D eigenvalue weighted by molar-refractivity contribution is 6.15. The van der Waals surface area contributed by atoms with Gasteiger partial charge in [0, 0.05) is 65.8 Å². The summed E-state index contributed by atoms with van der Waals surface area (Å²) in [6.07, 6.45) is 0. The van der Waals surface area contributed by atoms with Crippen LogP contribution in [-0.4, -0.2) is 24.1 Å². The number of fused-ring (bicyclic) bond motifs is 12. The van der Waals surface area contributed by atoms with E-state index in [9.17, 15) is 0 Å². The maximum absolute atomic E-state index is 6.65. The van der Waals surface area contributed by atoms with Gasteiger partial charge in [0.05, 0.1) is 22.1 Å². The first-order valence-corrected chi connectivity index (χ1v) is 24.6. The Kier molecular flexibility index (Phi) is 8.61. The molecule has 6 heteroatoms. The van der Waals surface area contributed by atoms with Gasteiger partial charge in [0.2, 0.25) is 0 Å². The van der Waals surface area contributed by atoms with E-state index in [2.05, 4.69) is 217 Å². The minimum absolute atomic E-state index is 0.165. The zero-order chi connectivity index (χ0) is 47.7. The van der Waals surface area contributed by atoms with Crippen molar-refractivity contribution < 1.29 is 4.42 Å². The average molecular weight is 922 g/mol. The van der Waals surface area contributed by atoms with Gasteiger partial charge >= 0.3 is 0 Å². The first-order chi connectivity index (χ1) is 35.5. The van der Waals surface area contributed by atoms with Crippen LogP contribution in [0.3, 0.4) is 0 Å². The molecule has 0 saturated carbocycles. The van der Waals surface area contributed by atoms with Crippen molar-refractivity contribution in [3.63, 3.8) is 0 Å². The lowest BCUT2D eigenvalue weighted by molar-refractivity contribution is 0.660. The van der Waals surface area contributed by atoms with Crippen molar-refractivity contribution in [2.75, 3.05) is 0 Å². The molecule has 72 heavy (non-hydrogen) atoms. The van der Waals surface area contributed by atoms with Gasteiger partial charge < -0.3 is 13.6 Å². The van der Waals surface area contributed by atoms with Crippen molar-refractivity contribution in [1.29, 1.82) is 0 Å². The molecule has 0 aliphatic heterocycles. The van der Waals surface area contributed by atoms with Crippen LogP contribution in [0.2, 0.25) is 0 Å². The monoisotopic (exact) mass is 921 g/mol. The van der Waals surface area contributed by atoms with Crippen LogP contribution in [0.15, 0.2) is 229 Å². The van der Waals surface area contributed by atoms with Crippen molar-refractivity contribution in [3.05, 3.63) is 236 Å². The number of aromatic nitrogens is 5. The summed E-state index contributed by atoms with van der Waals surface area (Å²) < 4.78 is 11.4. The zero-order valence-electron chi connectivity index (χ0n) is 39.5. The standard InChI is InChI=1S/C66H43N5O/c1-66(2)53-26-12-9-23-47(53)61-48(24-15-27-54(61)66)64-67-63(40-17-5-3-6-18-40)68-65(69-64)49-25-16-30-60-62(49)52-38-42(32-36-59(52)72-60)41-31-34-57-50(37-41)45-21-10-14-29-56(45)71(57)44-33-35-58-51(39-44)46-22-11-13-28-55(46)70(58)43-19-7-4-8-20-43/h3-39H,1-2H3. The van der Waals surface area contributed by atoms with Gasteiger partial charge in [0.15, 0.2) is 17.5 Å². The van der Waals surface area contributed by atoms with Gasteiger partial charge in [-0.05, 0) is 106 Å². The van der Waals surface area contributed by atoms with E-state index >= 15 is 0 Å². The number of furan rings is 1. The van der Waals surface area contributed by atoms with Crippen molar-refractivity contribution >= 4 is 65.6 Å². The minimum atomic E-state index is -0.165. The highest BCUT2D eigenvalue weighted by atomic mass is 16.3. The molecular formula is C66H43N5O. The second-order valence-corrected chi connectivity index (χ2v) is 19.5. The summed E-state index contributed by atoms with van der Waals surface area (Å²) >= 11 is 0. The predicted molar refractivity (Wildman–Crippen MR) is 295 cm³/mol. The fourth-order valence-electron chi connectivity index (χ4n) is 11.9. The quantitative estimate of drug-likeness (QED) is 0.167. The Morgan fingerprint density at radius 2 is 0.889 bits per heavy atom. The summed E-state index contributed by atoms with van der Waals surface area (Å²) in [5.41, 5.74) is 18.4. The van der Waals surface area contributed by atoms with E-state index in [1.54, 1.807) is 0 Å². The predicted octanol–water partition coefficient (Wildman–Crippen LogP) is 16.9. The third-order valence-corrected chi connectivity index (χ3v) is 15.2. The number of benzene rings is 10. The van der Waals surface area contributed by atoms with E-state index in [1.165, 1.54) is 54.8 Å². The molecule has 10 aromatic carbocycles. The molecule has 1 aliphatic carbocycles. The van der Waals surface area contributed by atoms with Gasteiger partial charge in [-0.2, -0.15) is 0 Å². The molecule has 14 aromatic rings. The third kappa shape index (κ3) is 5.93. The van der Waals surface area contributed by atoms with Gasteiger partial charge in [-0.3, -0.25) is 0 Å². The lowest BCUT2D eigenvalue weighted by atomic mass is 9.82. The smallest absolute Gasteiger partial charge is 0.164 e. The summed E-state index contributed by atoms with van der Waals surface area (Å²) in [4.78, 5) is 15.9. The zero-order valence-corrected chi connectivity index (χ0v) is 39.5. The molecule has 338 valence electrons. The molecule has 0 bridgehead atoms. The molecular weight excluding hydrogens is 879 g/mol. The van der Waals surface area contributed by atoms with Crippen LogP contribution in [0.25, 0.3) is 133 Å². The molecule has 0 spiro atoms. The molecule has 15 rings (SSSR count). The first-order valence-electron chi connectivity index (χ1n) is 24.6. The Bertz CT molecular complexity index is 4540. The van der Waals surface area contributed by atoms with E-state index in [1.807, 2.05) is 30.3 Å². The molecule has 1 aliphatic rings. The van der Waals surface area contributed by atoms with Crippen molar-refractivity contribution in [2.24, 2.45) is 0 Å². The Morgan fingerprint density at radius 1 is 0.347 bits per heavy atom. The fraction of sp³-hybridized carbons (Fsp3) is 0.0455. The minimum Gasteiger partial charge on any atom is -0.456 e. The van der Waals surface area contributed by atoms with E-state index in [0.717, 1.165) is 72.2 Å². The normalized spacial score (nSPS) is 13.0. The van der Waals surface area contributed by atoms with Gasteiger partial charge in [0.25, 0.3) is 0 Å². The Hall–Kier alpha value is -9.39. The topological polar surface area (TPSA) is 61.7 Å². The third-order valence-electron chi connectivity index (χ3n) is 15.2. The summed E-state index contributed by atoms with van der Waals surface area (Å²) in [5, 5.41) is 6.82. The second kappa shape index (κ2) is 15.3. The molecule has 0 atom stereocenters. The van der Waals surface area contributed by atoms with Crippen LogP contribution in [-0.2, 0) is 5.41 Å². The maximum atomic E-state index is 6.65. The van der Waals surface area contributed by atoms with Gasteiger partial charge in [-0.25, -0.2) is 15.0 Å². The number of para-hydroxylation sites is 3. The Labute approximate surface area is 414 Å². The molecule has 0 amide bonds. The van der Waals surface area contributed by atoms with E-state index < -0.39 is 0 Å². The van der Waals surface area contributed by atoms with Gasteiger partial charge in [0.1, 0.15) is 11.2 Å². The number of rotatable bonds is 6. The highest BCUT2D eigenvalue weighted by Crippen LogP contribution is 2.52. The maximum Gasteiger partial charge on any atom is 0.164 e. The van der Waals surface area contributed by atoms with Crippen LogP contribution in [0.1, 0.15) is 25.0 Å². The number of nitrogens with zero attached hydrogens (tertiary/aromatic N) is 5. The molecule has 6 nitrogen and oxygen atoms in total. The van der Waals surface area contributed by atoms with Crippen molar-refractivity contribution in [1.82, 2.24) is 24.1 Å². The van der Waals surface area contributed by atoms with Crippen molar-refractivity contribution in [2.45, 2.75) is 19.3 Å². The molecule has 0 unspecified atom stereocenters. The first kappa shape index (κ1) is 40.5. The lowest BCUT2D eigenvalue weighted by Crippen LogP contribution is -2.14. The lowest BCUT2D eigenvalue weighted by Gasteiger charge is -2.21. The molecule has 4 aromatic heterocycles. The van der Waals surface area contributed by atoms with Crippen LogP contribution in [0.4, 0.5) is 0 Å². The van der Waals surface area contributed by atoms with Crippen molar-refractivity contribution in [3.8, 4) is 67.8 Å². The van der Waals surface area contributed by atoms with Crippen LogP contribution in [0, 0.1) is 0 Å². The summed E-state index contributed by atoms with van der Waals surface area (Å²) in [6, 6.07) is 80.1. The molecule has 0 N–H and O–H groups in total. The average Bonchev–Trinajstić information content (AvgIpc) is 4.15. The molecule has 0 fully saturated rings. The molecule has 0 saturated heterocycles. The van der Waals surface area contributed by atoms with E-state index in [4.69, 9.17) is 19.4 Å². The summed E-state index contributed by atoms with van der Waals surface area (Å²) in [7, 11) is 0. The SMILES string of the molecule is CC1(C)c2ccccc2-c2c(-c3nc(-c4ccccc4)nc(-c4cccc5oc6ccc(-c7ccc8c(c7)c7ccccc7n8-c7ccc8c(c7)c7ccccc7n8-c7ccccc7)cc6c45)n3)cccc21. The molecule has 0 radical (unpaired) electrons. The van der Waals surface area contributed by atoms with E-state index in [0.29, 0.717) is 17.5 Å². The Morgan fingerprint density at radius 3 is 1.67 bits per heavy atom. The van der Waals surface area contributed by atoms with Gasteiger partial charge in [-0.15, -0.1) is 0 Å². The molecule has 4 heterocycles. The fourth-order valence-corrected chi connectivity index (χ4v) is 11.9. The summed E-state index contributed by atoms with van der Waals surface area (Å²) in [6.45, 7) is 4.61. The van der Waals surface area contributed by atoms with E-state index in [-0.39, 0.29) is 5.41 Å². The largest absolute Gasteiger partial charge is 0.456 e. The van der Waals surface area contributed by atoms with Gasteiger partial charge in [-0.1, -0.05) is 166 Å². The second-order valence-electron chi connectivity index (χ2n) is 19.5. The van der Waals surface area contributed by atoms with Crippen LogP contribution < -0.4 is 0 Å². The van der Waals surface area contributed by atoms with Crippen LogP contribution >= 0.6 is 0 Å².